The minimum Gasteiger partial charge on any atom is -0.478 e. The van der Waals surface area contributed by atoms with Crippen LogP contribution in [-0.2, 0) is 9.53 Å². The second-order valence-corrected chi connectivity index (χ2v) is 10.4. The molecule has 2 aromatic heterocycles. The summed E-state index contributed by atoms with van der Waals surface area (Å²) in [6, 6.07) is 8.93. The maximum Gasteiger partial charge on any atom is 0.446 e. The smallest absolute Gasteiger partial charge is 0.446 e. The summed E-state index contributed by atoms with van der Waals surface area (Å²) in [4.78, 5) is 28.0. The Labute approximate surface area is 223 Å². The number of alkyl halides is 3. The molecule has 6 nitrogen and oxygen atoms in total. The lowest BCUT2D eigenvalue weighted by Gasteiger charge is -2.09. The highest BCUT2D eigenvalue weighted by Gasteiger charge is 2.29. The van der Waals surface area contributed by atoms with Crippen LogP contribution in [0, 0.1) is 5.92 Å². The van der Waals surface area contributed by atoms with Gasteiger partial charge in [0.15, 0.2) is 5.58 Å². The molecule has 0 unspecified atom stereocenters. The van der Waals surface area contributed by atoms with Crippen molar-refractivity contribution in [1.82, 2.24) is 4.98 Å². The van der Waals surface area contributed by atoms with E-state index in [2.05, 4.69) is 4.98 Å². The molecule has 0 N–H and O–H groups in total. The largest absolute Gasteiger partial charge is 0.478 e. The van der Waals surface area contributed by atoms with E-state index in [0.717, 1.165) is 44.9 Å². The van der Waals surface area contributed by atoms with Crippen LogP contribution in [0.1, 0.15) is 58.8 Å². The van der Waals surface area contributed by atoms with Gasteiger partial charge in [-0.15, -0.1) is 0 Å². The normalized spacial score (nSPS) is 11.7. The molecule has 2 heterocycles. The standard InChI is InChI=1S/C28H32F3NO5S/c1-19(2)26(33)36-14-9-7-5-3-4-6-8-13-35-25-17-21-16-23(27(34)37-24(21)18-32-25)20-11-10-12-22(15-20)38-28(29,30)31/h10-12,15-19H,3-9,13-14H2,1-2H3. The molecule has 0 bridgehead atoms. The molecule has 0 fully saturated rings. The Morgan fingerprint density at radius 3 is 2.37 bits per heavy atom. The molecule has 206 valence electrons. The third kappa shape index (κ3) is 9.70. The quantitative estimate of drug-likeness (QED) is 0.115. The summed E-state index contributed by atoms with van der Waals surface area (Å²) in [5.74, 6) is 0.149. The summed E-state index contributed by atoms with van der Waals surface area (Å²) < 4.78 is 54.5. The number of halogens is 3. The van der Waals surface area contributed by atoms with Crippen LogP contribution in [0.3, 0.4) is 0 Å². The summed E-state index contributed by atoms with van der Waals surface area (Å²) in [5.41, 5.74) is -4.30. The maximum absolute atomic E-state index is 12.7. The van der Waals surface area contributed by atoms with E-state index in [0.29, 0.717) is 30.0 Å². The highest BCUT2D eigenvalue weighted by atomic mass is 32.2. The first-order valence-corrected chi connectivity index (χ1v) is 13.5. The van der Waals surface area contributed by atoms with Crippen LogP contribution in [0.5, 0.6) is 5.88 Å². The van der Waals surface area contributed by atoms with Gasteiger partial charge < -0.3 is 13.9 Å². The Morgan fingerprint density at radius 2 is 1.68 bits per heavy atom. The van der Waals surface area contributed by atoms with Crippen molar-refractivity contribution in [3.05, 3.63) is 53.0 Å². The fourth-order valence-electron chi connectivity index (χ4n) is 3.75. The van der Waals surface area contributed by atoms with Gasteiger partial charge in [-0.2, -0.15) is 13.2 Å². The highest BCUT2D eigenvalue weighted by molar-refractivity contribution is 8.00. The molecule has 0 saturated carbocycles. The Hall–Kier alpha value is -3.01. The molecule has 3 rings (SSSR count). The number of nitrogens with zero attached hydrogens (tertiary/aromatic N) is 1. The van der Waals surface area contributed by atoms with Crippen LogP contribution >= 0.6 is 11.8 Å². The third-order valence-corrected chi connectivity index (χ3v) is 6.45. The van der Waals surface area contributed by atoms with Crippen molar-refractivity contribution < 1.29 is 31.9 Å². The van der Waals surface area contributed by atoms with Crippen molar-refractivity contribution in [2.45, 2.75) is 69.2 Å². The molecule has 0 atom stereocenters. The molecule has 0 saturated heterocycles. The highest BCUT2D eigenvalue weighted by Crippen LogP contribution is 2.38. The number of pyridine rings is 1. The second-order valence-electron chi connectivity index (χ2n) is 9.23. The topological polar surface area (TPSA) is 78.6 Å². The van der Waals surface area contributed by atoms with Gasteiger partial charge in [0.25, 0.3) is 0 Å². The van der Waals surface area contributed by atoms with Crippen LogP contribution < -0.4 is 10.4 Å². The number of hydrogen-bond acceptors (Lipinski definition) is 7. The fourth-order valence-corrected chi connectivity index (χ4v) is 4.35. The zero-order valence-electron chi connectivity index (χ0n) is 21.5. The molecule has 0 spiro atoms. The zero-order valence-corrected chi connectivity index (χ0v) is 22.3. The van der Waals surface area contributed by atoms with Crippen molar-refractivity contribution in [2.75, 3.05) is 13.2 Å². The van der Waals surface area contributed by atoms with E-state index in [1.807, 2.05) is 13.8 Å². The lowest BCUT2D eigenvalue weighted by atomic mass is 10.1. The van der Waals surface area contributed by atoms with E-state index in [1.165, 1.54) is 24.4 Å². The van der Waals surface area contributed by atoms with Crippen molar-refractivity contribution in [2.24, 2.45) is 5.92 Å². The fraction of sp³-hybridized carbons (Fsp3) is 0.464. The number of carbonyl (C=O) groups is 1. The number of carbonyl (C=O) groups excluding carboxylic acids is 1. The Balaban J connectivity index is 1.45. The van der Waals surface area contributed by atoms with E-state index in [-0.39, 0.29) is 39.7 Å². The number of aromatic nitrogens is 1. The summed E-state index contributed by atoms with van der Waals surface area (Å²) in [6.07, 6.45) is 8.49. The van der Waals surface area contributed by atoms with E-state index in [9.17, 15) is 22.8 Å². The minimum absolute atomic E-state index is 0.0135. The number of ether oxygens (including phenoxy) is 2. The van der Waals surface area contributed by atoms with Gasteiger partial charge in [-0.1, -0.05) is 58.1 Å². The van der Waals surface area contributed by atoms with Gasteiger partial charge in [-0.05, 0) is 48.4 Å². The van der Waals surface area contributed by atoms with Gasteiger partial charge in [-0.25, -0.2) is 9.78 Å². The zero-order chi connectivity index (χ0) is 27.5. The SMILES string of the molecule is CC(C)C(=O)OCCCCCCCCCOc1cc2cc(-c3cccc(SC(F)(F)F)c3)c(=O)oc2cn1. The molecular weight excluding hydrogens is 519 g/mol. The second kappa shape index (κ2) is 14.2. The van der Waals surface area contributed by atoms with E-state index in [4.69, 9.17) is 13.9 Å². The van der Waals surface area contributed by atoms with Crippen molar-refractivity contribution in [3.8, 4) is 17.0 Å². The average Bonchev–Trinajstić information content (AvgIpc) is 2.85. The van der Waals surface area contributed by atoms with Crippen LogP contribution in [0.2, 0.25) is 0 Å². The number of unbranched alkanes of at least 4 members (excludes halogenated alkanes) is 6. The Bertz CT molecular complexity index is 1260. The Morgan fingerprint density at radius 1 is 1.00 bits per heavy atom. The van der Waals surface area contributed by atoms with E-state index >= 15 is 0 Å². The third-order valence-electron chi connectivity index (χ3n) is 5.73. The summed E-state index contributed by atoms with van der Waals surface area (Å²) in [5, 5.41) is 0.567. The molecule has 0 aliphatic rings. The Kier molecular flexibility index (Phi) is 11.1. The van der Waals surface area contributed by atoms with Gasteiger partial charge in [0.2, 0.25) is 5.88 Å². The van der Waals surface area contributed by atoms with Gasteiger partial charge >= 0.3 is 17.1 Å². The maximum atomic E-state index is 12.7. The molecule has 0 amide bonds. The van der Waals surface area contributed by atoms with Crippen LogP contribution in [0.25, 0.3) is 22.1 Å². The number of esters is 1. The summed E-state index contributed by atoms with van der Waals surface area (Å²) in [6.45, 7) is 4.62. The first-order valence-electron chi connectivity index (χ1n) is 12.7. The number of rotatable bonds is 14. The first kappa shape index (κ1) is 29.5. The lowest BCUT2D eigenvalue weighted by Crippen LogP contribution is -2.12. The van der Waals surface area contributed by atoms with Gasteiger partial charge in [-0.3, -0.25) is 4.79 Å². The van der Waals surface area contributed by atoms with E-state index in [1.54, 1.807) is 18.2 Å². The number of hydrogen-bond donors (Lipinski definition) is 0. The molecular formula is C28H32F3NO5S. The molecule has 0 aliphatic carbocycles. The summed E-state index contributed by atoms with van der Waals surface area (Å²) in [7, 11) is 0. The molecule has 0 aliphatic heterocycles. The minimum atomic E-state index is -4.42. The number of benzene rings is 1. The molecule has 0 radical (unpaired) electrons. The lowest BCUT2D eigenvalue weighted by molar-refractivity contribution is -0.147. The predicted molar refractivity (Wildman–Crippen MR) is 141 cm³/mol. The van der Waals surface area contributed by atoms with Gasteiger partial charge in [0.05, 0.1) is 30.9 Å². The molecule has 38 heavy (non-hydrogen) atoms. The molecule has 10 heteroatoms. The average molecular weight is 552 g/mol. The molecule has 3 aromatic rings. The van der Waals surface area contributed by atoms with Gasteiger partial charge in [0.1, 0.15) is 0 Å². The first-order chi connectivity index (χ1) is 18.1. The number of thioether (sulfide) groups is 1. The van der Waals surface area contributed by atoms with Crippen molar-refractivity contribution >= 4 is 28.7 Å². The van der Waals surface area contributed by atoms with Crippen LogP contribution in [-0.4, -0.2) is 29.7 Å². The monoisotopic (exact) mass is 551 g/mol. The van der Waals surface area contributed by atoms with Crippen LogP contribution in [0.15, 0.2) is 56.7 Å². The molecule has 1 aromatic carbocycles. The predicted octanol–water partition coefficient (Wildman–Crippen LogP) is 7.78. The number of fused-ring (bicyclic) bond motifs is 1. The van der Waals surface area contributed by atoms with E-state index < -0.39 is 11.1 Å². The summed E-state index contributed by atoms with van der Waals surface area (Å²) >= 11 is -0.236. The van der Waals surface area contributed by atoms with Crippen molar-refractivity contribution in [3.63, 3.8) is 0 Å². The van der Waals surface area contributed by atoms with Crippen molar-refractivity contribution in [1.29, 1.82) is 0 Å². The van der Waals surface area contributed by atoms with Gasteiger partial charge in [0, 0.05) is 16.3 Å². The van der Waals surface area contributed by atoms with Crippen LogP contribution in [0.4, 0.5) is 13.2 Å².